The van der Waals surface area contributed by atoms with Crippen LogP contribution in [0.25, 0.3) is 0 Å². The molecule has 2 saturated carbocycles. The number of epoxide rings is 1. The van der Waals surface area contributed by atoms with E-state index in [0.717, 1.165) is 18.4 Å². The zero-order valence-corrected chi connectivity index (χ0v) is 9.13. The van der Waals surface area contributed by atoms with Gasteiger partial charge in [0.2, 0.25) is 0 Å². The second kappa shape index (κ2) is 3.52. The van der Waals surface area contributed by atoms with Crippen LogP contribution in [0, 0.1) is 11.8 Å². The van der Waals surface area contributed by atoms with Crippen LogP contribution in [0.2, 0.25) is 0 Å². The molecule has 0 aromatic rings. The van der Waals surface area contributed by atoms with Gasteiger partial charge in [0.25, 0.3) is 0 Å². The molecule has 0 aromatic heterocycles. The standard InChI is InChI=1S/C13H22O/c1-2-6-11(7-3-1)12-8-4-5-9-13(12)10-14-13/h11-12H,1-10H2. The molecule has 2 atom stereocenters. The average Bonchev–Trinajstić information content (AvgIpc) is 3.01. The summed E-state index contributed by atoms with van der Waals surface area (Å²) in [7, 11) is 0. The van der Waals surface area contributed by atoms with Crippen molar-refractivity contribution in [2.45, 2.75) is 63.4 Å². The lowest BCUT2D eigenvalue weighted by Crippen LogP contribution is -2.35. The Morgan fingerprint density at radius 1 is 0.857 bits per heavy atom. The maximum absolute atomic E-state index is 5.80. The van der Waals surface area contributed by atoms with Crippen molar-refractivity contribution in [3.8, 4) is 0 Å². The molecule has 1 heteroatoms. The molecule has 3 aliphatic rings. The van der Waals surface area contributed by atoms with Gasteiger partial charge in [-0.25, -0.2) is 0 Å². The maximum atomic E-state index is 5.80. The van der Waals surface area contributed by atoms with Gasteiger partial charge in [-0.3, -0.25) is 0 Å². The monoisotopic (exact) mass is 194 g/mol. The van der Waals surface area contributed by atoms with Crippen molar-refractivity contribution in [1.82, 2.24) is 0 Å². The van der Waals surface area contributed by atoms with Gasteiger partial charge >= 0.3 is 0 Å². The second-order valence-corrected chi connectivity index (χ2v) is 5.60. The molecule has 1 heterocycles. The highest BCUT2D eigenvalue weighted by molar-refractivity contribution is 5.02. The Bertz CT molecular complexity index is 201. The van der Waals surface area contributed by atoms with Crippen LogP contribution in [0.15, 0.2) is 0 Å². The van der Waals surface area contributed by atoms with Crippen LogP contribution >= 0.6 is 0 Å². The van der Waals surface area contributed by atoms with Gasteiger partial charge in [-0.1, -0.05) is 44.9 Å². The summed E-state index contributed by atoms with van der Waals surface area (Å²) in [4.78, 5) is 0. The predicted octanol–water partition coefficient (Wildman–Crippen LogP) is 3.53. The third kappa shape index (κ3) is 1.50. The molecule has 1 saturated heterocycles. The number of ether oxygens (including phenoxy) is 1. The first-order valence-corrected chi connectivity index (χ1v) is 6.55. The van der Waals surface area contributed by atoms with Gasteiger partial charge in [0.05, 0.1) is 12.2 Å². The fourth-order valence-corrected chi connectivity index (χ4v) is 3.89. The topological polar surface area (TPSA) is 12.5 Å². The molecule has 3 fully saturated rings. The van der Waals surface area contributed by atoms with Gasteiger partial charge in [-0.15, -0.1) is 0 Å². The molecule has 0 amide bonds. The Morgan fingerprint density at radius 2 is 1.57 bits per heavy atom. The van der Waals surface area contributed by atoms with E-state index < -0.39 is 0 Å². The highest BCUT2D eigenvalue weighted by Crippen LogP contribution is 2.51. The van der Waals surface area contributed by atoms with E-state index >= 15 is 0 Å². The van der Waals surface area contributed by atoms with Crippen molar-refractivity contribution in [3.63, 3.8) is 0 Å². The molecule has 0 radical (unpaired) electrons. The molecule has 1 nitrogen and oxygen atoms in total. The average molecular weight is 194 g/mol. The molecular weight excluding hydrogens is 172 g/mol. The Balaban J connectivity index is 1.69. The molecule has 1 aliphatic heterocycles. The van der Waals surface area contributed by atoms with Crippen LogP contribution in [-0.2, 0) is 4.74 Å². The molecule has 0 bridgehead atoms. The Labute approximate surface area is 87.2 Å². The minimum absolute atomic E-state index is 0.403. The first-order chi connectivity index (χ1) is 6.91. The molecule has 3 rings (SSSR count). The highest BCUT2D eigenvalue weighted by Gasteiger charge is 2.54. The molecule has 2 aliphatic carbocycles. The van der Waals surface area contributed by atoms with E-state index in [0.29, 0.717) is 5.60 Å². The van der Waals surface area contributed by atoms with Crippen LogP contribution in [0.4, 0.5) is 0 Å². The van der Waals surface area contributed by atoms with Crippen molar-refractivity contribution in [2.75, 3.05) is 6.61 Å². The highest BCUT2D eigenvalue weighted by atomic mass is 16.6. The van der Waals surface area contributed by atoms with Crippen molar-refractivity contribution in [3.05, 3.63) is 0 Å². The maximum Gasteiger partial charge on any atom is 0.0947 e. The van der Waals surface area contributed by atoms with Crippen LogP contribution < -0.4 is 0 Å². The summed E-state index contributed by atoms with van der Waals surface area (Å²) >= 11 is 0. The third-order valence-corrected chi connectivity index (χ3v) is 4.77. The Morgan fingerprint density at radius 3 is 2.29 bits per heavy atom. The van der Waals surface area contributed by atoms with Gasteiger partial charge < -0.3 is 4.74 Å². The number of rotatable bonds is 1. The van der Waals surface area contributed by atoms with Crippen LogP contribution in [-0.4, -0.2) is 12.2 Å². The Kier molecular flexibility index (Phi) is 2.31. The van der Waals surface area contributed by atoms with Crippen LogP contribution in [0.1, 0.15) is 57.8 Å². The lowest BCUT2D eigenvalue weighted by molar-refractivity contribution is 0.0883. The quantitative estimate of drug-likeness (QED) is 0.582. The van der Waals surface area contributed by atoms with Crippen molar-refractivity contribution in [1.29, 1.82) is 0 Å². The fourth-order valence-electron chi connectivity index (χ4n) is 3.89. The van der Waals surface area contributed by atoms with Crippen molar-refractivity contribution in [2.24, 2.45) is 11.8 Å². The number of hydrogen-bond donors (Lipinski definition) is 0. The van der Waals surface area contributed by atoms with E-state index in [1.54, 1.807) is 0 Å². The zero-order chi connectivity index (χ0) is 9.43. The van der Waals surface area contributed by atoms with E-state index in [4.69, 9.17) is 4.74 Å². The van der Waals surface area contributed by atoms with E-state index in [1.807, 2.05) is 0 Å². The summed E-state index contributed by atoms with van der Waals surface area (Å²) in [5.74, 6) is 1.96. The molecule has 80 valence electrons. The zero-order valence-electron chi connectivity index (χ0n) is 9.13. The fraction of sp³-hybridized carbons (Fsp3) is 1.00. The molecule has 0 N–H and O–H groups in total. The smallest absolute Gasteiger partial charge is 0.0947 e. The summed E-state index contributed by atoms with van der Waals surface area (Å²) < 4.78 is 5.80. The molecular formula is C13H22O. The van der Waals surface area contributed by atoms with Gasteiger partial charge in [0, 0.05) is 0 Å². The minimum Gasteiger partial charge on any atom is -0.369 e. The van der Waals surface area contributed by atoms with E-state index in [2.05, 4.69) is 0 Å². The summed E-state index contributed by atoms with van der Waals surface area (Å²) in [6.45, 7) is 1.09. The SMILES string of the molecule is C1CCC(C2CCCCC23CO3)CC1. The molecule has 0 aromatic carbocycles. The molecule has 1 spiro atoms. The normalized spacial score (nSPS) is 44.1. The lowest BCUT2D eigenvalue weighted by atomic mass is 9.68. The number of hydrogen-bond acceptors (Lipinski definition) is 1. The van der Waals surface area contributed by atoms with Gasteiger partial charge in [-0.2, -0.15) is 0 Å². The van der Waals surface area contributed by atoms with E-state index in [1.165, 1.54) is 57.8 Å². The van der Waals surface area contributed by atoms with E-state index in [-0.39, 0.29) is 0 Å². The molecule has 14 heavy (non-hydrogen) atoms. The largest absolute Gasteiger partial charge is 0.369 e. The van der Waals surface area contributed by atoms with Crippen LogP contribution in [0.5, 0.6) is 0 Å². The van der Waals surface area contributed by atoms with E-state index in [9.17, 15) is 0 Å². The van der Waals surface area contributed by atoms with Crippen molar-refractivity contribution < 1.29 is 4.74 Å². The summed E-state index contributed by atoms with van der Waals surface area (Å²) in [6, 6.07) is 0. The van der Waals surface area contributed by atoms with Gasteiger partial charge in [0.15, 0.2) is 0 Å². The first kappa shape index (κ1) is 9.21. The van der Waals surface area contributed by atoms with Gasteiger partial charge in [-0.05, 0) is 24.7 Å². The third-order valence-electron chi connectivity index (χ3n) is 4.77. The first-order valence-electron chi connectivity index (χ1n) is 6.55. The second-order valence-electron chi connectivity index (χ2n) is 5.60. The summed E-state index contributed by atoms with van der Waals surface area (Å²) in [5, 5.41) is 0. The summed E-state index contributed by atoms with van der Waals surface area (Å²) in [6.07, 6.45) is 13.2. The predicted molar refractivity (Wildman–Crippen MR) is 57.2 cm³/mol. The van der Waals surface area contributed by atoms with Crippen LogP contribution in [0.3, 0.4) is 0 Å². The van der Waals surface area contributed by atoms with Gasteiger partial charge in [0.1, 0.15) is 0 Å². The molecule has 2 unspecified atom stereocenters. The summed E-state index contributed by atoms with van der Waals surface area (Å²) in [5.41, 5.74) is 0.403. The van der Waals surface area contributed by atoms with Crippen molar-refractivity contribution >= 4 is 0 Å². The lowest BCUT2D eigenvalue weighted by Gasteiger charge is -2.37. The minimum atomic E-state index is 0.403. The Hall–Kier alpha value is -0.0400.